The highest BCUT2D eigenvalue weighted by molar-refractivity contribution is 6.30. The molecule has 3 aromatic heterocycles. The zero-order valence-corrected chi connectivity index (χ0v) is 23.4. The fraction of sp³-hybridized carbons (Fsp3) is 0.129. The highest BCUT2D eigenvalue weighted by Crippen LogP contribution is 2.51. The van der Waals surface area contributed by atoms with Gasteiger partial charge in [0.25, 0.3) is 0 Å². The summed E-state index contributed by atoms with van der Waals surface area (Å²) in [5.41, 5.74) is 5.61. The van der Waals surface area contributed by atoms with Crippen molar-refractivity contribution in [2.24, 2.45) is 5.16 Å². The number of benzene rings is 3. The van der Waals surface area contributed by atoms with Gasteiger partial charge in [0.2, 0.25) is 11.8 Å². The number of hydrogen-bond donors (Lipinski definition) is 0. The summed E-state index contributed by atoms with van der Waals surface area (Å²) < 4.78 is 15.7. The lowest BCUT2D eigenvalue weighted by Crippen LogP contribution is -2.16. The number of halogens is 1. The summed E-state index contributed by atoms with van der Waals surface area (Å²) in [4.78, 5) is 15.0. The van der Waals surface area contributed by atoms with Gasteiger partial charge in [-0.25, -0.2) is 19.2 Å². The Balaban J connectivity index is 1.34. The third kappa shape index (κ3) is 4.51. The van der Waals surface area contributed by atoms with Crippen molar-refractivity contribution < 1.29 is 14.3 Å². The molecular weight excluding hydrogens is 554 g/mol. The number of methoxy groups -OCH3 is 1. The van der Waals surface area contributed by atoms with Gasteiger partial charge in [-0.15, -0.1) is 5.10 Å². The largest absolute Gasteiger partial charge is 0.496 e. The van der Waals surface area contributed by atoms with Crippen LogP contribution in [0.1, 0.15) is 39.7 Å². The second kappa shape index (κ2) is 10.6. The Bertz CT molecular complexity index is 1950. The van der Waals surface area contributed by atoms with Crippen LogP contribution in [0.25, 0.3) is 11.3 Å². The van der Waals surface area contributed by atoms with Crippen molar-refractivity contribution in [3.05, 3.63) is 124 Å². The Morgan fingerprint density at radius 1 is 1.00 bits per heavy atom. The summed E-state index contributed by atoms with van der Waals surface area (Å²) in [6.07, 6.45) is 3.22. The number of aryl methyl sites for hydroxylation is 1. The SMILES string of the molecule is COc1ccccc1C1c2c(C)nn(-c3cccc(Cl)c3)c2Oc2ncn3nc(CON=Cc4ccccc4)nc3c21. The molecule has 6 aromatic rings. The molecule has 0 bridgehead atoms. The van der Waals surface area contributed by atoms with Crippen LogP contribution >= 0.6 is 11.6 Å². The number of oxime groups is 1. The zero-order chi connectivity index (χ0) is 28.6. The van der Waals surface area contributed by atoms with E-state index in [1.165, 1.54) is 0 Å². The number of para-hydroxylation sites is 1. The molecule has 0 aliphatic carbocycles. The molecule has 0 saturated carbocycles. The van der Waals surface area contributed by atoms with Crippen LogP contribution < -0.4 is 9.47 Å². The molecule has 0 fully saturated rings. The molecule has 11 heteroatoms. The first kappa shape index (κ1) is 25.7. The summed E-state index contributed by atoms with van der Waals surface area (Å²) >= 11 is 6.33. The zero-order valence-electron chi connectivity index (χ0n) is 22.7. The predicted molar refractivity (Wildman–Crippen MR) is 157 cm³/mol. The maximum Gasteiger partial charge on any atom is 0.230 e. The fourth-order valence-electron chi connectivity index (χ4n) is 5.21. The van der Waals surface area contributed by atoms with Crippen LogP contribution in [-0.2, 0) is 11.4 Å². The molecule has 1 aliphatic heterocycles. The van der Waals surface area contributed by atoms with E-state index >= 15 is 0 Å². The fourth-order valence-corrected chi connectivity index (χ4v) is 5.40. The van der Waals surface area contributed by atoms with E-state index in [0.29, 0.717) is 28.3 Å². The van der Waals surface area contributed by atoms with Gasteiger partial charge in [-0.1, -0.05) is 71.4 Å². The first-order valence-corrected chi connectivity index (χ1v) is 13.6. The van der Waals surface area contributed by atoms with Crippen molar-refractivity contribution >= 4 is 23.5 Å². The molecule has 1 atom stereocenters. The number of nitrogens with zero attached hydrogens (tertiary/aromatic N) is 7. The van der Waals surface area contributed by atoms with Crippen molar-refractivity contribution in [2.45, 2.75) is 19.4 Å². The molecule has 3 aromatic carbocycles. The Hall–Kier alpha value is -5.22. The highest BCUT2D eigenvalue weighted by Gasteiger charge is 2.39. The van der Waals surface area contributed by atoms with Crippen LogP contribution in [0, 0.1) is 6.92 Å². The van der Waals surface area contributed by atoms with Crippen LogP contribution in [-0.4, -0.2) is 42.7 Å². The first-order chi connectivity index (χ1) is 20.6. The van der Waals surface area contributed by atoms with E-state index < -0.39 is 0 Å². The average molecular weight is 578 g/mol. The van der Waals surface area contributed by atoms with E-state index in [2.05, 4.69) is 15.2 Å². The minimum atomic E-state index is -0.363. The summed E-state index contributed by atoms with van der Waals surface area (Å²) in [6.45, 7) is 2.04. The Kier molecular flexibility index (Phi) is 6.52. The lowest BCUT2D eigenvalue weighted by atomic mass is 9.84. The second-order valence-corrected chi connectivity index (χ2v) is 10.1. The minimum absolute atomic E-state index is 0.0803. The molecule has 0 amide bonds. The maximum atomic E-state index is 6.48. The van der Waals surface area contributed by atoms with Crippen molar-refractivity contribution in [1.82, 2.24) is 29.4 Å². The summed E-state index contributed by atoms with van der Waals surface area (Å²) in [6, 6.07) is 25.0. The van der Waals surface area contributed by atoms with E-state index in [-0.39, 0.29) is 12.5 Å². The number of hydrogen-bond acceptors (Lipinski definition) is 8. The molecule has 1 unspecified atom stereocenters. The van der Waals surface area contributed by atoms with Gasteiger partial charge < -0.3 is 14.3 Å². The molecule has 1 aliphatic rings. The normalized spacial score (nSPS) is 14.0. The van der Waals surface area contributed by atoms with Crippen LogP contribution in [0.4, 0.5) is 0 Å². The topological polar surface area (TPSA) is 101 Å². The van der Waals surface area contributed by atoms with Gasteiger partial charge in [-0.05, 0) is 36.8 Å². The van der Waals surface area contributed by atoms with Crippen molar-refractivity contribution in [3.8, 4) is 23.2 Å². The number of ether oxygens (including phenoxy) is 2. The standard InChI is InChI=1S/C31H24ClN7O3/c1-19-26-27(23-13-6-7-14-24(23)40-2)28-29-35-25(17-41-34-16-20-9-4-3-5-10-20)37-38(29)18-33-30(28)42-31(26)39(36-19)22-12-8-11-21(32)15-22/h3-16,18,27H,17H2,1-2H3. The third-order valence-electron chi connectivity index (χ3n) is 7.04. The van der Waals surface area contributed by atoms with Crippen LogP contribution in [0.2, 0.25) is 5.02 Å². The smallest absolute Gasteiger partial charge is 0.230 e. The minimum Gasteiger partial charge on any atom is -0.496 e. The lowest BCUT2D eigenvalue weighted by molar-refractivity contribution is 0.126. The molecule has 0 saturated heterocycles. The van der Waals surface area contributed by atoms with Gasteiger partial charge in [0.05, 0.1) is 41.8 Å². The number of fused-ring (bicyclic) bond motifs is 4. The van der Waals surface area contributed by atoms with Gasteiger partial charge in [0.1, 0.15) is 12.1 Å². The van der Waals surface area contributed by atoms with Crippen LogP contribution in [0.3, 0.4) is 0 Å². The maximum absolute atomic E-state index is 6.48. The van der Waals surface area contributed by atoms with E-state index in [0.717, 1.165) is 39.4 Å². The van der Waals surface area contributed by atoms with E-state index in [9.17, 15) is 0 Å². The lowest BCUT2D eigenvalue weighted by Gasteiger charge is -2.27. The molecule has 0 spiro atoms. The monoisotopic (exact) mass is 577 g/mol. The van der Waals surface area contributed by atoms with Gasteiger partial charge in [0.15, 0.2) is 18.1 Å². The molecule has 7 rings (SSSR count). The Morgan fingerprint density at radius 3 is 2.67 bits per heavy atom. The van der Waals surface area contributed by atoms with Crippen molar-refractivity contribution in [1.29, 1.82) is 0 Å². The highest BCUT2D eigenvalue weighted by atomic mass is 35.5. The van der Waals surface area contributed by atoms with Crippen LogP contribution in [0.5, 0.6) is 17.5 Å². The first-order valence-electron chi connectivity index (χ1n) is 13.2. The van der Waals surface area contributed by atoms with Crippen LogP contribution in [0.15, 0.2) is 90.3 Å². The van der Waals surface area contributed by atoms with Gasteiger partial charge in [-0.2, -0.15) is 5.10 Å². The molecule has 0 radical (unpaired) electrons. The predicted octanol–water partition coefficient (Wildman–Crippen LogP) is 6.12. The summed E-state index contributed by atoms with van der Waals surface area (Å²) in [7, 11) is 1.66. The summed E-state index contributed by atoms with van der Waals surface area (Å²) in [5.74, 6) is 1.75. The number of aromatic nitrogens is 6. The van der Waals surface area contributed by atoms with E-state index in [4.69, 9.17) is 36.0 Å². The summed E-state index contributed by atoms with van der Waals surface area (Å²) in [5, 5.41) is 14.1. The van der Waals surface area contributed by atoms with Crippen molar-refractivity contribution in [2.75, 3.05) is 7.11 Å². The Morgan fingerprint density at radius 2 is 1.83 bits per heavy atom. The molecule has 42 heavy (non-hydrogen) atoms. The Labute approximate surface area is 245 Å². The van der Waals surface area contributed by atoms with Gasteiger partial charge in [-0.3, -0.25) is 0 Å². The molecule has 208 valence electrons. The second-order valence-electron chi connectivity index (χ2n) is 9.65. The van der Waals surface area contributed by atoms with E-state index in [1.54, 1.807) is 28.8 Å². The van der Waals surface area contributed by atoms with Gasteiger partial charge in [0, 0.05) is 10.6 Å². The van der Waals surface area contributed by atoms with Crippen molar-refractivity contribution in [3.63, 3.8) is 0 Å². The third-order valence-corrected chi connectivity index (χ3v) is 7.27. The average Bonchev–Trinajstić information content (AvgIpc) is 3.59. The molecule has 10 nitrogen and oxygen atoms in total. The molecule has 0 N–H and O–H groups in total. The molecular formula is C31H24ClN7O3. The van der Waals surface area contributed by atoms with Gasteiger partial charge >= 0.3 is 0 Å². The quantitative estimate of drug-likeness (QED) is 0.166. The molecule has 4 heterocycles. The number of rotatable bonds is 7. The van der Waals surface area contributed by atoms with E-state index in [1.807, 2.05) is 85.8 Å².